The van der Waals surface area contributed by atoms with E-state index in [1.165, 1.54) is 12.1 Å². The van der Waals surface area contributed by atoms with Crippen molar-refractivity contribution in [3.8, 4) is 12.1 Å². The van der Waals surface area contributed by atoms with Gasteiger partial charge in [0.05, 0.1) is 28.2 Å². The predicted octanol–water partition coefficient (Wildman–Crippen LogP) is 0.414. The van der Waals surface area contributed by atoms with Gasteiger partial charge >= 0.3 is 0 Å². The Bertz CT molecular complexity index is 117. The van der Waals surface area contributed by atoms with Gasteiger partial charge in [0.2, 0.25) is 0 Å². The fourth-order valence-electron chi connectivity index (χ4n) is 0. The van der Waals surface area contributed by atoms with Crippen LogP contribution in [0.15, 0.2) is 0 Å². The molecule has 0 rings (SSSR count). The van der Waals surface area contributed by atoms with Crippen molar-refractivity contribution in [2.24, 2.45) is 0 Å². The fourth-order valence-corrected chi connectivity index (χ4v) is 0. The number of rotatable bonds is 0. The first kappa shape index (κ1) is 16.2. The maximum Gasteiger partial charge on any atom is 0.181 e. The van der Waals surface area contributed by atoms with Gasteiger partial charge in [0.25, 0.3) is 0 Å². The largest absolute Gasteiger partial charge is 0.333 e. The molecule has 0 aliphatic carbocycles. The van der Waals surface area contributed by atoms with Crippen molar-refractivity contribution < 1.29 is 4.48 Å². The third-order valence-corrected chi connectivity index (χ3v) is 0.0500. The lowest BCUT2D eigenvalue weighted by atomic mass is 10.8. The van der Waals surface area contributed by atoms with Crippen molar-refractivity contribution in [2.45, 2.75) is 0 Å². The minimum atomic E-state index is 0. The van der Waals surface area contributed by atoms with Gasteiger partial charge in [-0.3, -0.25) is 0 Å². The fraction of sp³-hybridized carbons (Fsp3) is 0.667. The lowest BCUT2D eigenvalue weighted by molar-refractivity contribution is -0.849. The molecule has 3 nitrogen and oxygen atoms in total. The second-order valence-corrected chi connectivity index (χ2v) is 2.91. The molecule has 0 fully saturated rings. The first-order chi connectivity index (χ1) is 3.91. The van der Waals surface area contributed by atoms with Crippen molar-refractivity contribution in [2.75, 3.05) is 28.2 Å². The standard InChI is InChI=1S/C4H12N.C2N2.H3P/c1-5(2,3)4;3-1-2-4;/h1-4H3;;1H3/q+1;;. The molecular formula is C6H15N3P+. The van der Waals surface area contributed by atoms with Crippen LogP contribution in [0.25, 0.3) is 0 Å². The molecule has 0 saturated heterocycles. The predicted molar refractivity (Wildman–Crippen MR) is 46.3 cm³/mol. The van der Waals surface area contributed by atoms with Crippen molar-refractivity contribution in [1.82, 2.24) is 0 Å². The van der Waals surface area contributed by atoms with Gasteiger partial charge in [0, 0.05) is 0 Å². The summed E-state index contributed by atoms with van der Waals surface area (Å²) in [5.41, 5.74) is 0. The summed E-state index contributed by atoms with van der Waals surface area (Å²) in [6, 6.07) is 2.47. The van der Waals surface area contributed by atoms with Gasteiger partial charge in [0.1, 0.15) is 0 Å². The molecule has 0 aromatic rings. The van der Waals surface area contributed by atoms with Gasteiger partial charge in [0.15, 0.2) is 12.1 Å². The average Bonchev–Trinajstić information content (AvgIpc) is 1.61. The summed E-state index contributed by atoms with van der Waals surface area (Å²) in [7, 11) is 8.50. The highest BCUT2D eigenvalue weighted by Crippen LogP contribution is 1.73. The van der Waals surface area contributed by atoms with Crippen LogP contribution in [0.1, 0.15) is 0 Å². The summed E-state index contributed by atoms with van der Waals surface area (Å²) in [6.07, 6.45) is 0. The van der Waals surface area contributed by atoms with E-state index >= 15 is 0 Å². The SMILES string of the molecule is C[N+](C)(C)C.N#CC#N.P. The van der Waals surface area contributed by atoms with Crippen LogP contribution in [0.2, 0.25) is 0 Å². The molecule has 4 heteroatoms. The van der Waals surface area contributed by atoms with Crippen molar-refractivity contribution in [3.05, 3.63) is 0 Å². The van der Waals surface area contributed by atoms with E-state index in [0.29, 0.717) is 0 Å². The number of quaternary nitrogens is 1. The topological polar surface area (TPSA) is 47.6 Å². The lowest BCUT2D eigenvalue weighted by Gasteiger charge is -2.14. The summed E-state index contributed by atoms with van der Waals surface area (Å²) >= 11 is 0. The summed E-state index contributed by atoms with van der Waals surface area (Å²) in [5, 5.41) is 14.5. The molecule has 1 unspecified atom stereocenters. The van der Waals surface area contributed by atoms with Gasteiger partial charge in [-0.05, 0) is 0 Å². The van der Waals surface area contributed by atoms with E-state index in [1.807, 2.05) is 0 Å². The van der Waals surface area contributed by atoms with Crippen LogP contribution in [-0.4, -0.2) is 32.7 Å². The van der Waals surface area contributed by atoms with Crippen LogP contribution in [0.5, 0.6) is 0 Å². The Morgan fingerprint density at radius 1 is 0.900 bits per heavy atom. The van der Waals surface area contributed by atoms with Gasteiger partial charge in [-0.15, -0.1) is 0 Å². The van der Waals surface area contributed by atoms with Crippen LogP contribution >= 0.6 is 9.90 Å². The second kappa shape index (κ2) is 8.37. The monoisotopic (exact) mass is 160 g/mol. The zero-order chi connectivity index (χ0) is 7.91. The maximum atomic E-state index is 7.26. The minimum Gasteiger partial charge on any atom is -0.333 e. The van der Waals surface area contributed by atoms with Crippen LogP contribution in [0.3, 0.4) is 0 Å². The first-order valence-electron chi connectivity index (χ1n) is 2.49. The number of nitriles is 2. The van der Waals surface area contributed by atoms with Crippen LogP contribution in [-0.2, 0) is 0 Å². The smallest absolute Gasteiger partial charge is 0.181 e. The Kier molecular flexibility index (Phi) is 13.5. The van der Waals surface area contributed by atoms with E-state index in [1.54, 1.807) is 0 Å². The van der Waals surface area contributed by atoms with E-state index in [-0.39, 0.29) is 9.90 Å². The minimum absolute atomic E-state index is 0. The van der Waals surface area contributed by atoms with Crippen molar-refractivity contribution in [1.29, 1.82) is 10.5 Å². The quantitative estimate of drug-likeness (QED) is 0.380. The molecule has 0 spiro atoms. The summed E-state index contributed by atoms with van der Waals surface area (Å²) in [4.78, 5) is 0. The van der Waals surface area contributed by atoms with E-state index in [4.69, 9.17) is 10.5 Å². The molecule has 0 aromatic carbocycles. The Morgan fingerprint density at radius 3 is 1.00 bits per heavy atom. The van der Waals surface area contributed by atoms with E-state index in [0.717, 1.165) is 4.48 Å². The number of hydrogen-bond acceptors (Lipinski definition) is 2. The highest BCUT2D eigenvalue weighted by Gasteiger charge is 1.88. The van der Waals surface area contributed by atoms with E-state index in [2.05, 4.69) is 28.2 Å². The van der Waals surface area contributed by atoms with Gasteiger partial charge in [-0.2, -0.15) is 20.4 Å². The normalized spacial score (nSPS) is 7.00. The van der Waals surface area contributed by atoms with Crippen LogP contribution in [0.4, 0.5) is 0 Å². The zero-order valence-electron chi connectivity index (χ0n) is 7.05. The Hall–Kier alpha value is -0.630. The Morgan fingerprint density at radius 2 is 1.00 bits per heavy atom. The van der Waals surface area contributed by atoms with Crippen molar-refractivity contribution in [3.63, 3.8) is 0 Å². The third kappa shape index (κ3) is 2180. The molecule has 0 saturated carbocycles. The van der Waals surface area contributed by atoms with Gasteiger partial charge in [-0.1, -0.05) is 0 Å². The highest BCUT2D eigenvalue weighted by molar-refractivity contribution is 6.92. The van der Waals surface area contributed by atoms with E-state index in [9.17, 15) is 0 Å². The molecule has 0 bridgehead atoms. The molecule has 0 radical (unpaired) electrons. The molecule has 58 valence electrons. The number of nitrogens with zero attached hydrogens (tertiary/aromatic N) is 3. The lowest BCUT2D eigenvalue weighted by Crippen LogP contribution is -2.27. The maximum absolute atomic E-state index is 7.26. The molecule has 0 aliphatic heterocycles. The highest BCUT2D eigenvalue weighted by atomic mass is 31.0. The average molecular weight is 160 g/mol. The molecule has 10 heavy (non-hydrogen) atoms. The molecule has 0 amide bonds. The van der Waals surface area contributed by atoms with Crippen molar-refractivity contribution >= 4 is 9.90 Å². The zero-order valence-corrected chi connectivity index (χ0v) is 8.46. The molecule has 0 aliphatic rings. The summed E-state index contributed by atoms with van der Waals surface area (Å²) < 4.78 is 1.00. The first-order valence-corrected chi connectivity index (χ1v) is 2.49. The Balaban J connectivity index is -0.0000000910. The van der Waals surface area contributed by atoms with Gasteiger partial charge in [-0.25, -0.2) is 0 Å². The second-order valence-electron chi connectivity index (χ2n) is 2.91. The molecule has 0 heterocycles. The van der Waals surface area contributed by atoms with Crippen LogP contribution in [0, 0.1) is 22.7 Å². The summed E-state index contributed by atoms with van der Waals surface area (Å²) in [5.74, 6) is 0. The number of hydrogen-bond donors (Lipinski definition) is 0. The molecule has 0 N–H and O–H groups in total. The van der Waals surface area contributed by atoms with Gasteiger partial charge < -0.3 is 4.48 Å². The molecular weight excluding hydrogens is 145 g/mol. The Labute approximate surface area is 66.1 Å². The van der Waals surface area contributed by atoms with Crippen LogP contribution < -0.4 is 0 Å². The van der Waals surface area contributed by atoms with E-state index < -0.39 is 0 Å². The third-order valence-electron chi connectivity index (χ3n) is 0.0500. The molecule has 0 aromatic heterocycles. The molecule has 1 atom stereocenters. The summed E-state index contributed by atoms with van der Waals surface area (Å²) in [6.45, 7) is 0.